The summed E-state index contributed by atoms with van der Waals surface area (Å²) in [5, 5.41) is 26.6. The van der Waals surface area contributed by atoms with E-state index in [1.807, 2.05) is 38.2 Å². The maximum atomic E-state index is 10.9. The number of hydrogen-bond acceptors (Lipinski definition) is 4. The average molecular weight is 487 g/mol. The van der Waals surface area contributed by atoms with Crippen molar-refractivity contribution in [1.29, 1.82) is 0 Å². The largest absolute Gasteiger partial charge is 0.481 e. The third kappa shape index (κ3) is 17.7. The lowest BCUT2D eigenvalue weighted by atomic mass is 10.0. The van der Waals surface area contributed by atoms with Crippen LogP contribution >= 0.6 is 0 Å². The molecule has 0 unspecified atom stereocenters. The second-order valence-corrected chi connectivity index (χ2v) is 8.13. The standard InChI is InChI=1S/C28H38O7/c1-21(15-18-24(19-26(29)30)20-27(31)32)13-11-9-7-5-6-8-10-12-14-25(35-4)22(2)16-17-23(3)28(33)34/h6,8-12,15-19,21,25H,5,7,13-14,20H2,1-4H3,(H,29,30)(H,31,32)(H,33,34)/b8-6+,11-9+,12-10-,18-15+,22-16-,23-17+,24-19+/t21-,25+/m0/s1. The second kappa shape index (κ2) is 18.9. The van der Waals surface area contributed by atoms with Gasteiger partial charge in [-0.2, -0.15) is 0 Å². The number of allylic oxidation sites excluding steroid dienone is 9. The van der Waals surface area contributed by atoms with E-state index >= 15 is 0 Å². The molecule has 7 nitrogen and oxygen atoms in total. The smallest absolute Gasteiger partial charge is 0.331 e. The number of carboxylic acid groups (broad SMARTS) is 3. The highest BCUT2D eigenvalue weighted by atomic mass is 16.5. The van der Waals surface area contributed by atoms with E-state index in [0.717, 1.165) is 30.9 Å². The summed E-state index contributed by atoms with van der Waals surface area (Å²) < 4.78 is 5.47. The molecule has 0 aromatic carbocycles. The van der Waals surface area contributed by atoms with E-state index in [2.05, 4.69) is 18.2 Å². The SMILES string of the molecule is CO[C@H](C/C=C\C=C\CC/C=C/C[C@H](C)/C=C/C(=C\C(=O)O)CC(=O)O)/C(C)=C\C=C(/C)C(=O)O. The Morgan fingerprint density at radius 2 is 1.54 bits per heavy atom. The molecule has 192 valence electrons. The highest BCUT2D eigenvalue weighted by Gasteiger charge is 2.07. The van der Waals surface area contributed by atoms with E-state index in [0.29, 0.717) is 6.42 Å². The Bertz CT molecular complexity index is 898. The molecule has 0 radical (unpaired) electrons. The Hall–Kier alpha value is -3.45. The van der Waals surface area contributed by atoms with Crippen LogP contribution < -0.4 is 0 Å². The first-order valence-electron chi connectivity index (χ1n) is 11.5. The lowest BCUT2D eigenvalue weighted by Gasteiger charge is -2.13. The minimum Gasteiger partial charge on any atom is -0.481 e. The highest BCUT2D eigenvalue weighted by molar-refractivity contribution is 5.86. The van der Waals surface area contributed by atoms with Crippen molar-refractivity contribution >= 4 is 17.9 Å². The van der Waals surface area contributed by atoms with Crippen LogP contribution in [0.3, 0.4) is 0 Å². The van der Waals surface area contributed by atoms with Gasteiger partial charge in [-0.1, -0.05) is 67.7 Å². The predicted molar refractivity (Wildman–Crippen MR) is 138 cm³/mol. The molecule has 0 spiro atoms. The third-order valence-corrected chi connectivity index (χ3v) is 4.94. The molecule has 0 aromatic heterocycles. The van der Waals surface area contributed by atoms with Crippen LogP contribution in [0.15, 0.2) is 83.6 Å². The molecule has 7 heteroatoms. The highest BCUT2D eigenvalue weighted by Crippen LogP contribution is 2.12. The Balaban J connectivity index is 4.41. The van der Waals surface area contributed by atoms with Crippen molar-refractivity contribution in [1.82, 2.24) is 0 Å². The summed E-state index contributed by atoms with van der Waals surface area (Å²) in [5.41, 5.74) is 1.48. The first kappa shape index (κ1) is 31.6. The molecule has 0 fully saturated rings. The fourth-order valence-electron chi connectivity index (χ4n) is 2.84. The molecule has 0 bridgehead atoms. The molecule has 0 rings (SSSR count). The summed E-state index contributed by atoms with van der Waals surface area (Å²) in [5.74, 6) is -3.01. The fraction of sp³-hybridized carbons (Fsp3) is 0.393. The minimum atomic E-state index is -1.16. The molecule has 0 aliphatic heterocycles. The lowest BCUT2D eigenvalue weighted by Crippen LogP contribution is -2.10. The zero-order chi connectivity index (χ0) is 26.6. The number of hydrogen-bond donors (Lipinski definition) is 3. The summed E-state index contributed by atoms with van der Waals surface area (Å²) in [4.78, 5) is 32.4. The van der Waals surface area contributed by atoms with Crippen molar-refractivity contribution in [3.63, 3.8) is 0 Å². The number of carbonyl (C=O) groups is 3. The summed E-state index contributed by atoms with van der Waals surface area (Å²) in [6, 6.07) is 0. The van der Waals surface area contributed by atoms with Gasteiger partial charge in [-0.15, -0.1) is 0 Å². The lowest BCUT2D eigenvalue weighted by molar-refractivity contribution is -0.136. The summed E-state index contributed by atoms with van der Waals surface area (Å²) in [7, 11) is 1.63. The van der Waals surface area contributed by atoms with Gasteiger partial charge in [0.1, 0.15) is 0 Å². The Morgan fingerprint density at radius 1 is 0.886 bits per heavy atom. The Morgan fingerprint density at radius 3 is 2.14 bits per heavy atom. The van der Waals surface area contributed by atoms with Gasteiger partial charge in [-0.3, -0.25) is 4.79 Å². The normalized spacial score (nSPS) is 15.5. The minimum absolute atomic E-state index is 0.115. The predicted octanol–water partition coefficient (Wildman–Crippen LogP) is 5.89. The topological polar surface area (TPSA) is 121 Å². The molecular formula is C28H38O7. The number of methoxy groups -OCH3 is 1. The fourth-order valence-corrected chi connectivity index (χ4v) is 2.84. The van der Waals surface area contributed by atoms with Crippen LogP contribution in [-0.4, -0.2) is 46.4 Å². The van der Waals surface area contributed by atoms with Gasteiger partial charge in [0.15, 0.2) is 0 Å². The maximum absolute atomic E-state index is 10.9. The first-order chi connectivity index (χ1) is 16.6. The van der Waals surface area contributed by atoms with Gasteiger partial charge in [0.05, 0.1) is 12.5 Å². The summed E-state index contributed by atoms with van der Waals surface area (Å²) in [6.45, 7) is 5.44. The molecule has 0 heterocycles. The number of rotatable bonds is 17. The van der Waals surface area contributed by atoms with Crippen LogP contribution in [0, 0.1) is 5.92 Å². The first-order valence-corrected chi connectivity index (χ1v) is 11.5. The molecule has 0 saturated carbocycles. The molecule has 3 N–H and O–H groups in total. The van der Waals surface area contributed by atoms with Gasteiger partial charge < -0.3 is 20.1 Å². The van der Waals surface area contributed by atoms with Crippen molar-refractivity contribution in [2.24, 2.45) is 5.92 Å². The van der Waals surface area contributed by atoms with Crippen molar-refractivity contribution < 1.29 is 34.4 Å². The van der Waals surface area contributed by atoms with Crippen molar-refractivity contribution in [3.8, 4) is 0 Å². The number of unbranched alkanes of at least 4 members (excludes halogenated alkanes) is 1. The van der Waals surface area contributed by atoms with E-state index in [4.69, 9.17) is 20.1 Å². The Labute approximate surface area is 208 Å². The van der Waals surface area contributed by atoms with Gasteiger partial charge in [0.25, 0.3) is 0 Å². The number of carboxylic acids is 3. The van der Waals surface area contributed by atoms with Crippen LogP contribution in [0.4, 0.5) is 0 Å². The van der Waals surface area contributed by atoms with Crippen molar-refractivity contribution in [2.75, 3.05) is 7.11 Å². The average Bonchev–Trinajstić information content (AvgIpc) is 2.78. The zero-order valence-corrected chi connectivity index (χ0v) is 21.0. The number of aliphatic carboxylic acids is 3. The van der Waals surface area contributed by atoms with Crippen molar-refractivity contribution in [2.45, 2.75) is 59.0 Å². The number of ether oxygens (including phenoxy) is 1. The molecule has 0 saturated heterocycles. The molecule has 35 heavy (non-hydrogen) atoms. The summed E-state index contributed by atoms with van der Waals surface area (Å²) in [6.07, 6.45) is 22.6. The van der Waals surface area contributed by atoms with Gasteiger partial charge >= 0.3 is 17.9 Å². The van der Waals surface area contributed by atoms with Crippen LogP contribution in [0.5, 0.6) is 0 Å². The zero-order valence-electron chi connectivity index (χ0n) is 21.0. The van der Waals surface area contributed by atoms with E-state index < -0.39 is 17.9 Å². The van der Waals surface area contributed by atoms with Crippen LogP contribution in [-0.2, 0) is 19.1 Å². The van der Waals surface area contributed by atoms with Gasteiger partial charge in [-0.05, 0) is 56.6 Å². The summed E-state index contributed by atoms with van der Waals surface area (Å²) >= 11 is 0. The van der Waals surface area contributed by atoms with Crippen LogP contribution in [0.2, 0.25) is 0 Å². The molecule has 0 amide bonds. The second-order valence-electron chi connectivity index (χ2n) is 8.13. The van der Waals surface area contributed by atoms with Gasteiger partial charge in [-0.25, -0.2) is 9.59 Å². The third-order valence-electron chi connectivity index (χ3n) is 4.94. The van der Waals surface area contributed by atoms with Crippen LogP contribution in [0.1, 0.15) is 52.9 Å². The van der Waals surface area contributed by atoms with Gasteiger partial charge in [0, 0.05) is 18.8 Å². The molecule has 0 aromatic rings. The quantitative estimate of drug-likeness (QED) is 0.101. The van der Waals surface area contributed by atoms with E-state index in [1.165, 1.54) is 0 Å². The molecule has 0 aliphatic rings. The van der Waals surface area contributed by atoms with E-state index in [1.54, 1.807) is 32.3 Å². The maximum Gasteiger partial charge on any atom is 0.331 e. The van der Waals surface area contributed by atoms with Crippen molar-refractivity contribution in [3.05, 3.63) is 83.6 Å². The van der Waals surface area contributed by atoms with E-state index in [-0.39, 0.29) is 29.6 Å². The molecule has 2 atom stereocenters. The Kier molecular flexibility index (Phi) is 17.1. The molecular weight excluding hydrogens is 448 g/mol. The van der Waals surface area contributed by atoms with Gasteiger partial charge in [0.2, 0.25) is 0 Å². The van der Waals surface area contributed by atoms with Crippen LogP contribution in [0.25, 0.3) is 0 Å². The van der Waals surface area contributed by atoms with E-state index in [9.17, 15) is 14.4 Å². The molecule has 0 aliphatic carbocycles. The monoisotopic (exact) mass is 486 g/mol.